The molecule has 3 aromatic rings. The van der Waals surface area contributed by atoms with Gasteiger partial charge in [-0.1, -0.05) is 49.4 Å². The highest BCUT2D eigenvalue weighted by Gasteiger charge is 2.30. The summed E-state index contributed by atoms with van der Waals surface area (Å²) in [4.78, 5) is 28.5. The van der Waals surface area contributed by atoms with Crippen LogP contribution in [0.2, 0.25) is 0 Å². The van der Waals surface area contributed by atoms with Crippen molar-refractivity contribution >= 4 is 27.5 Å². The molecule has 0 aliphatic carbocycles. The second-order valence-electron chi connectivity index (χ2n) is 9.56. The summed E-state index contributed by atoms with van der Waals surface area (Å²) < 4.78 is 53.0. The lowest BCUT2D eigenvalue weighted by molar-refractivity contribution is -0.141. The maximum Gasteiger partial charge on any atom is 0.243 e. The first-order chi connectivity index (χ1) is 19.1. The van der Waals surface area contributed by atoms with Gasteiger partial charge in [-0.2, -0.15) is 0 Å². The van der Waals surface area contributed by atoms with Crippen LogP contribution in [0, 0.1) is 11.6 Å². The monoisotopic (exact) mass is 571 g/mol. The highest BCUT2D eigenvalue weighted by molar-refractivity contribution is 7.92. The highest BCUT2D eigenvalue weighted by Crippen LogP contribution is 2.21. The number of carbonyl (C=O) groups excluding carboxylic acids is 2. The number of hydrogen-bond donors (Lipinski definition) is 1. The lowest BCUT2D eigenvalue weighted by atomic mass is 10.0. The molecule has 0 heterocycles. The van der Waals surface area contributed by atoms with Crippen molar-refractivity contribution < 1.29 is 26.8 Å². The molecule has 0 saturated carbocycles. The van der Waals surface area contributed by atoms with Crippen LogP contribution in [-0.4, -0.2) is 50.5 Å². The summed E-state index contributed by atoms with van der Waals surface area (Å²) >= 11 is 0. The molecule has 0 saturated heterocycles. The van der Waals surface area contributed by atoms with Gasteiger partial charge in [-0.15, -0.1) is 0 Å². The van der Waals surface area contributed by atoms with Crippen LogP contribution in [0.5, 0.6) is 0 Å². The van der Waals surface area contributed by atoms with E-state index in [1.54, 1.807) is 12.1 Å². The van der Waals surface area contributed by atoms with E-state index in [1.807, 2.05) is 37.3 Å². The summed E-state index contributed by atoms with van der Waals surface area (Å²) in [6.07, 6.45) is 2.17. The van der Waals surface area contributed by atoms with E-state index in [2.05, 4.69) is 5.32 Å². The smallest absolute Gasteiger partial charge is 0.243 e. The summed E-state index contributed by atoms with van der Waals surface area (Å²) in [7, 11) is -3.70. The van der Waals surface area contributed by atoms with Gasteiger partial charge >= 0.3 is 0 Å². The van der Waals surface area contributed by atoms with E-state index in [1.165, 1.54) is 41.3 Å². The van der Waals surface area contributed by atoms with Gasteiger partial charge in [0.15, 0.2) is 0 Å². The van der Waals surface area contributed by atoms with Crippen molar-refractivity contribution in [2.45, 2.75) is 45.2 Å². The molecular weight excluding hydrogens is 536 g/mol. The maximum absolute atomic E-state index is 13.7. The number of nitrogens with zero attached hydrogens (tertiary/aromatic N) is 2. The van der Waals surface area contributed by atoms with Gasteiger partial charge in [-0.3, -0.25) is 13.9 Å². The number of sulfonamides is 1. The number of rotatable bonds is 14. The van der Waals surface area contributed by atoms with Gasteiger partial charge in [-0.05, 0) is 60.4 Å². The van der Waals surface area contributed by atoms with E-state index in [-0.39, 0.29) is 44.2 Å². The predicted octanol–water partition coefficient (Wildman–Crippen LogP) is 4.68. The summed E-state index contributed by atoms with van der Waals surface area (Å²) in [5.41, 5.74) is 1.82. The zero-order valence-corrected chi connectivity index (χ0v) is 23.5. The number of benzene rings is 3. The Hall–Kier alpha value is -3.79. The molecule has 1 atom stereocenters. The molecule has 0 unspecified atom stereocenters. The Bertz CT molecular complexity index is 1350. The van der Waals surface area contributed by atoms with E-state index in [4.69, 9.17) is 0 Å². The second kappa shape index (κ2) is 14.6. The topological polar surface area (TPSA) is 86.8 Å². The molecule has 7 nitrogen and oxygen atoms in total. The molecule has 0 spiro atoms. The third-order valence-corrected chi connectivity index (χ3v) is 7.55. The zero-order chi connectivity index (χ0) is 29.1. The third kappa shape index (κ3) is 9.15. The fourth-order valence-corrected chi connectivity index (χ4v) is 5.28. The average Bonchev–Trinajstić information content (AvgIpc) is 2.93. The van der Waals surface area contributed by atoms with Crippen molar-refractivity contribution in [2.75, 3.05) is 23.7 Å². The van der Waals surface area contributed by atoms with Gasteiger partial charge in [0, 0.05) is 32.5 Å². The van der Waals surface area contributed by atoms with Crippen molar-refractivity contribution in [3.63, 3.8) is 0 Å². The molecule has 0 aliphatic rings. The number of carbonyl (C=O) groups is 2. The SMILES string of the molecule is CCCNC(=O)[C@@H](Cc1ccccc1)N(Cc1ccc(F)cc1)C(=O)CCCN(c1ccc(F)cc1)S(C)(=O)=O. The minimum absolute atomic E-state index is 0.00796. The summed E-state index contributed by atoms with van der Waals surface area (Å²) in [6.45, 7) is 2.45. The van der Waals surface area contributed by atoms with Gasteiger partial charge in [0.25, 0.3) is 0 Å². The van der Waals surface area contributed by atoms with Crippen LogP contribution in [-0.2, 0) is 32.6 Å². The molecule has 40 heavy (non-hydrogen) atoms. The largest absolute Gasteiger partial charge is 0.354 e. The van der Waals surface area contributed by atoms with Gasteiger partial charge in [-0.25, -0.2) is 17.2 Å². The van der Waals surface area contributed by atoms with E-state index < -0.39 is 27.7 Å². The van der Waals surface area contributed by atoms with Crippen LogP contribution in [0.1, 0.15) is 37.3 Å². The van der Waals surface area contributed by atoms with E-state index in [9.17, 15) is 26.8 Å². The molecule has 2 amide bonds. The molecular formula is C30H35F2N3O4S. The quantitative estimate of drug-likeness (QED) is 0.305. The predicted molar refractivity (Wildman–Crippen MR) is 152 cm³/mol. The van der Waals surface area contributed by atoms with Crippen LogP contribution >= 0.6 is 0 Å². The Kier molecular flexibility index (Phi) is 11.2. The molecule has 1 N–H and O–H groups in total. The van der Waals surface area contributed by atoms with Crippen LogP contribution < -0.4 is 9.62 Å². The Morgan fingerprint density at radius 3 is 2.05 bits per heavy atom. The zero-order valence-electron chi connectivity index (χ0n) is 22.7. The highest BCUT2D eigenvalue weighted by atomic mass is 32.2. The molecule has 3 aromatic carbocycles. The molecule has 0 fully saturated rings. The maximum atomic E-state index is 13.7. The van der Waals surface area contributed by atoms with Crippen molar-refractivity contribution in [3.8, 4) is 0 Å². The van der Waals surface area contributed by atoms with E-state index >= 15 is 0 Å². The third-order valence-electron chi connectivity index (χ3n) is 6.35. The average molecular weight is 572 g/mol. The van der Waals surface area contributed by atoms with Crippen LogP contribution in [0.25, 0.3) is 0 Å². The van der Waals surface area contributed by atoms with Gasteiger partial charge < -0.3 is 10.2 Å². The number of halogens is 2. The van der Waals surface area contributed by atoms with Crippen LogP contribution in [0.3, 0.4) is 0 Å². The molecule has 0 aromatic heterocycles. The van der Waals surface area contributed by atoms with E-state index in [0.717, 1.165) is 22.5 Å². The fraction of sp³-hybridized carbons (Fsp3) is 0.333. The normalized spacial score (nSPS) is 12.0. The minimum Gasteiger partial charge on any atom is -0.354 e. The van der Waals surface area contributed by atoms with Crippen molar-refractivity contribution in [3.05, 3.63) is 102 Å². The molecule has 3 rings (SSSR count). The number of anilines is 1. The molecule has 0 radical (unpaired) electrons. The van der Waals surface area contributed by atoms with Crippen molar-refractivity contribution in [1.82, 2.24) is 10.2 Å². The number of hydrogen-bond acceptors (Lipinski definition) is 4. The standard InChI is InChI=1S/C30H35F2N3O4S/c1-3-19-33-30(37)28(21-23-8-5-4-6-9-23)34(22-24-11-13-25(31)14-12-24)29(36)10-7-20-35(40(2,38)39)27-17-15-26(32)16-18-27/h4-6,8-9,11-18,28H,3,7,10,19-22H2,1-2H3,(H,33,37)/t28-/m1/s1. The van der Waals surface area contributed by atoms with Gasteiger partial charge in [0.1, 0.15) is 17.7 Å². The number of nitrogens with one attached hydrogen (secondary N) is 1. The lowest BCUT2D eigenvalue weighted by Crippen LogP contribution is -2.50. The molecule has 0 aliphatic heterocycles. The van der Waals surface area contributed by atoms with Crippen LogP contribution in [0.15, 0.2) is 78.9 Å². The van der Waals surface area contributed by atoms with Gasteiger partial charge in [0.05, 0.1) is 11.9 Å². The number of amides is 2. The Morgan fingerprint density at radius 2 is 1.48 bits per heavy atom. The Balaban J connectivity index is 1.85. The van der Waals surface area contributed by atoms with Crippen molar-refractivity contribution in [1.29, 1.82) is 0 Å². The first-order valence-electron chi connectivity index (χ1n) is 13.2. The minimum atomic E-state index is -3.70. The van der Waals surface area contributed by atoms with Crippen LogP contribution in [0.4, 0.5) is 14.5 Å². The van der Waals surface area contributed by atoms with Crippen molar-refractivity contribution in [2.24, 2.45) is 0 Å². The lowest BCUT2D eigenvalue weighted by Gasteiger charge is -2.32. The Morgan fingerprint density at radius 1 is 0.875 bits per heavy atom. The van der Waals surface area contributed by atoms with Gasteiger partial charge in [0.2, 0.25) is 21.8 Å². The van der Waals surface area contributed by atoms with E-state index in [0.29, 0.717) is 17.8 Å². The molecule has 214 valence electrons. The summed E-state index contributed by atoms with van der Waals surface area (Å²) in [5, 5.41) is 2.89. The molecule has 0 bridgehead atoms. The summed E-state index contributed by atoms with van der Waals surface area (Å²) in [6, 6.07) is 19.3. The first kappa shape index (κ1) is 30.7. The second-order valence-corrected chi connectivity index (χ2v) is 11.5. The first-order valence-corrected chi connectivity index (χ1v) is 15.0. The summed E-state index contributed by atoms with van der Waals surface area (Å²) in [5.74, 6) is -1.55. The fourth-order valence-electron chi connectivity index (χ4n) is 4.32. The Labute approximate surface area is 234 Å². The molecule has 10 heteroatoms.